The molecule has 1 heterocycles. The standard InChI is InChI=1S/C53H38N2/c1-37-54-52(44-26-14-24-42(28-44)50-32-46(38-16-6-2-7-17-38)30-47(33-50)39-18-8-3-9-19-39)36-53(55-37)45-27-15-25-43(29-45)51-34-48(40-20-10-4-11-21-40)31-49(35-51)41-22-12-5-13-23-41/h2-36H,1H3. The molecule has 2 nitrogen and oxygen atoms in total. The molecule has 0 saturated heterocycles. The molecule has 9 aromatic rings. The maximum atomic E-state index is 4.95. The van der Waals surface area contributed by atoms with E-state index in [0.717, 1.165) is 50.6 Å². The molecule has 0 atom stereocenters. The third-order valence-electron chi connectivity index (χ3n) is 10.1. The molecule has 0 aliphatic heterocycles. The Morgan fingerprint density at radius 2 is 0.455 bits per heavy atom. The van der Waals surface area contributed by atoms with Crippen LogP contribution in [0, 0.1) is 6.92 Å². The summed E-state index contributed by atoms with van der Waals surface area (Å²) in [6, 6.07) is 75.7. The molecule has 0 bridgehead atoms. The minimum atomic E-state index is 0.734. The molecule has 0 amide bonds. The van der Waals surface area contributed by atoms with Crippen LogP contribution in [0.3, 0.4) is 0 Å². The topological polar surface area (TPSA) is 25.8 Å². The zero-order chi connectivity index (χ0) is 37.0. The molecule has 0 fully saturated rings. The number of aryl methyl sites for hydroxylation is 1. The molecular weight excluding hydrogens is 665 g/mol. The van der Waals surface area contributed by atoms with E-state index in [-0.39, 0.29) is 0 Å². The van der Waals surface area contributed by atoms with Crippen LogP contribution < -0.4 is 0 Å². The number of rotatable bonds is 8. The van der Waals surface area contributed by atoms with Crippen molar-refractivity contribution in [2.75, 3.05) is 0 Å². The van der Waals surface area contributed by atoms with Crippen LogP contribution in [-0.4, -0.2) is 9.97 Å². The van der Waals surface area contributed by atoms with Gasteiger partial charge in [-0.15, -0.1) is 0 Å². The first-order valence-corrected chi connectivity index (χ1v) is 18.7. The van der Waals surface area contributed by atoms with Crippen LogP contribution in [0.4, 0.5) is 0 Å². The zero-order valence-electron chi connectivity index (χ0n) is 30.6. The van der Waals surface area contributed by atoms with E-state index in [4.69, 9.17) is 9.97 Å². The second-order valence-electron chi connectivity index (χ2n) is 13.9. The van der Waals surface area contributed by atoms with Gasteiger partial charge in [0.25, 0.3) is 0 Å². The third kappa shape index (κ3) is 7.40. The highest BCUT2D eigenvalue weighted by Crippen LogP contribution is 2.37. The monoisotopic (exact) mass is 702 g/mol. The van der Waals surface area contributed by atoms with E-state index >= 15 is 0 Å². The van der Waals surface area contributed by atoms with Gasteiger partial charge in [0.2, 0.25) is 0 Å². The van der Waals surface area contributed by atoms with Gasteiger partial charge in [-0.1, -0.05) is 158 Å². The summed E-state index contributed by atoms with van der Waals surface area (Å²) in [6.07, 6.45) is 0. The summed E-state index contributed by atoms with van der Waals surface area (Å²) in [7, 11) is 0. The molecule has 0 radical (unpaired) electrons. The number of hydrogen-bond donors (Lipinski definition) is 0. The molecule has 1 aromatic heterocycles. The zero-order valence-corrected chi connectivity index (χ0v) is 30.6. The van der Waals surface area contributed by atoms with Crippen LogP contribution in [0.25, 0.3) is 89.3 Å². The van der Waals surface area contributed by atoms with Gasteiger partial charge in [-0.2, -0.15) is 0 Å². The lowest BCUT2D eigenvalue weighted by molar-refractivity contribution is 1.06. The highest BCUT2D eigenvalue weighted by Gasteiger charge is 2.13. The molecule has 0 aliphatic carbocycles. The predicted molar refractivity (Wildman–Crippen MR) is 230 cm³/mol. The Labute approximate surface area is 323 Å². The maximum Gasteiger partial charge on any atom is 0.126 e. The van der Waals surface area contributed by atoms with Crippen LogP contribution in [-0.2, 0) is 0 Å². The van der Waals surface area contributed by atoms with Gasteiger partial charge in [-0.05, 0) is 128 Å². The fourth-order valence-electron chi connectivity index (χ4n) is 7.36. The lowest BCUT2D eigenvalue weighted by Gasteiger charge is -2.13. The predicted octanol–water partition coefficient (Wildman–Crippen LogP) is 14.1. The van der Waals surface area contributed by atoms with Crippen molar-refractivity contribution < 1.29 is 0 Å². The molecule has 260 valence electrons. The van der Waals surface area contributed by atoms with Crippen molar-refractivity contribution in [1.29, 1.82) is 0 Å². The summed E-state index contributed by atoms with van der Waals surface area (Å²) in [5.74, 6) is 0.734. The highest BCUT2D eigenvalue weighted by molar-refractivity contribution is 5.85. The van der Waals surface area contributed by atoms with Crippen molar-refractivity contribution in [2.24, 2.45) is 0 Å². The van der Waals surface area contributed by atoms with Gasteiger partial charge >= 0.3 is 0 Å². The Hall–Kier alpha value is -7.16. The molecule has 0 spiro atoms. The largest absolute Gasteiger partial charge is 0.233 e. The summed E-state index contributed by atoms with van der Waals surface area (Å²) < 4.78 is 0. The molecular formula is C53H38N2. The first-order chi connectivity index (χ1) is 27.1. The average Bonchev–Trinajstić information content (AvgIpc) is 3.27. The van der Waals surface area contributed by atoms with E-state index in [1.165, 1.54) is 44.5 Å². The van der Waals surface area contributed by atoms with Crippen LogP contribution in [0.1, 0.15) is 5.82 Å². The Morgan fingerprint density at radius 1 is 0.218 bits per heavy atom. The minimum absolute atomic E-state index is 0.734. The van der Waals surface area contributed by atoms with E-state index in [9.17, 15) is 0 Å². The highest BCUT2D eigenvalue weighted by atomic mass is 14.9. The van der Waals surface area contributed by atoms with E-state index in [2.05, 4.69) is 212 Å². The van der Waals surface area contributed by atoms with Crippen molar-refractivity contribution >= 4 is 0 Å². The first-order valence-electron chi connectivity index (χ1n) is 18.7. The summed E-state index contributed by atoms with van der Waals surface area (Å²) in [4.78, 5) is 9.91. The summed E-state index contributed by atoms with van der Waals surface area (Å²) in [5.41, 5.74) is 18.0. The molecule has 0 saturated carbocycles. The summed E-state index contributed by atoms with van der Waals surface area (Å²) in [6.45, 7) is 1.98. The van der Waals surface area contributed by atoms with E-state index in [1.54, 1.807) is 0 Å². The first kappa shape index (κ1) is 33.7. The Balaban J connectivity index is 1.10. The second kappa shape index (κ2) is 15.1. The van der Waals surface area contributed by atoms with Crippen molar-refractivity contribution in [2.45, 2.75) is 6.92 Å². The summed E-state index contributed by atoms with van der Waals surface area (Å²) >= 11 is 0. The van der Waals surface area contributed by atoms with Crippen LogP contribution in [0.15, 0.2) is 212 Å². The van der Waals surface area contributed by atoms with Gasteiger partial charge in [0, 0.05) is 11.1 Å². The second-order valence-corrected chi connectivity index (χ2v) is 13.9. The SMILES string of the molecule is Cc1nc(-c2cccc(-c3cc(-c4ccccc4)cc(-c4ccccc4)c3)c2)cc(-c2cccc(-c3cc(-c4ccccc4)cc(-c4ccccc4)c3)c2)n1. The maximum absolute atomic E-state index is 4.95. The molecule has 55 heavy (non-hydrogen) atoms. The lowest BCUT2D eigenvalue weighted by atomic mass is 9.92. The van der Waals surface area contributed by atoms with E-state index in [0.29, 0.717) is 0 Å². The normalized spacial score (nSPS) is 11.0. The number of nitrogens with zero attached hydrogens (tertiary/aromatic N) is 2. The number of hydrogen-bond acceptors (Lipinski definition) is 2. The fraction of sp³-hybridized carbons (Fsp3) is 0.0189. The van der Waals surface area contributed by atoms with Crippen LogP contribution in [0.2, 0.25) is 0 Å². The molecule has 8 aromatic carbocycles. The van der Waals surface area contributed by atoms with Gasteiger partial charge in [-0.3, -0.25) is 0 Å². The van der Waals surface area contributed by atoms with Crippen molar-refractivity contribution in [1.82, 2.24) is 9.97 Å². The smallest absolute Gasteiger partial charge is 0.126 e. The quantitative estimate of drug-likeness (QED) is 0.158. The Morgan fingerprint density at radius 3 is 0.764 bits per heavy atom. The van der Waals surface area contributed by atoms with Crippen LogP contribution >= 0.6 is 0 Å². The molecule has 0 aliphatic rings. The average molecular weight is 703 g/mol. The Bertz CT molecular complexity index is 2430. The van der Waals surface area contributed by atoms with E-state index < -0.39 is 0 Å². The van der Waals surface area contributed by atoms with Crippen molar-refractivity contribution in [3.8, 4) is 89.3 Å². The minimum Gasteiger partial charge on any atom is -0.233 e. The molecule has 9 rings (SSSR count). The van der Waals surface area contributed by atoms with Gasteiger partial charge in [-0.25, -0.2) is 9.97 Å². The molecule has 0 unspecified atom stereocenters. The number of benzene rings is 8. The van der Waals surface area contributed by atoms with Gasteiger partial charge in [0.05, 0.1) is 11.4 Å². The fourth-order valence-corrected chi connectivity index (χ4v) is 7.36. The lowest BCUT2D eigenvalue weighted by Crippen LogP contribution is -1.95. The van der Waals surface area contributed by atoms with E-state index in [1.807, 2.05) is 6.92 Å². The molecule has 0 N–H and O–H groups in total. The Kier molecular flexibility index (Phi) is 9.22. The van der Waals surface area contributed by atoms with Gasteiger partial charge < -0.3 is 0 Å². The molecule has 2 heteroatoms. The van der Waals surface area contributed by atoms with Crippen molar-refractivity contribution in [3.63, 3.8) is 0 Å². The van der Waals surface area contributed by atoms with Gasteiger partial charge in [0.1, 0.15) is 5.82 Å². The third-order valence-corrected chi connectivity index (χ3v) is 10.1. The summed E-state index contributed by atoms with van der Waals surface area (Å²) in [5, 5.41) is 0. The number of aromatic nitrogens is 2. The van der Waals surface area contributed by atoms with Crippen molar-refractivity contribution in [3.05, 3.63) is 218 Å². The van der Waals surface area contributed by atoms with Crippen LogP contribution in [0.5, 0.6) is 0 Å². The van der Waals surface area contributed by atoms with Gasteiger partial charge in [0.15, 0.2) is 0 Å².